The number of thiophene rings is 1. The summed E-state index contributed by atoms with van der Waals surface area (Å²) in [5.74, 6) is -2.60. The van der Waals surface area contributed by atoms with Gasteiger partial charge in [-0.15, -0.1) is 11.3 Å². The van der Waals surface area contributed by atoms with Crippen molar-refractivity contribution >= 4 is 34.1 Å². The molecule has 2 fully saturated rings. The number of carboxylic acids is 1. The fraction of sp³-hybridized carbons (Fsp3) is 0.591. The Labute approximate surface area is 174 Å². The van der Waals surface area contributed by atoms with Crippen molar-refractivity contribution in [3.8, 4) is 0 Å². The molecule has 0 aromatic carbocycles. The first-order chi connectivity index (χ1) is 13.7. The van der Waals surface area contributed by atoms with Crippen LogP contribution >= 0.6 is 11.3 Å². The lowest BCUT2D eigenvalue weighted by molar-refractivity contribution is -0.148. The number of hydrogen-bond donors (Lipinski definition) is 3. The van der Waals surface area contributed by atoms with Gasteiger partial charge in [-0.05, 0) is 69.3 Å². The van der Waals surface area contributed by atoms with Crippen LogP contribution in [0.25, 0.3) is 0 Å². The minimum absolute atomic E-state index is 0.0299. The van der Waals surface area contributed by atoms with Crippen LogP contribution in [0.3, 0.4) is 0 Å². The number of allylic oxidation sites excluding steroid dienone is 2. The summed E-state index contributed by atoms with van der Waals surface area (Å²) in [7, 11) is 0. The molecule has 3 aliphatic rings. The first-order valence-corrected chi connectivity index (χ1v) is 11.2. The summed E-state index contributed by atoms with van der Waals surface area (Å²) < 4.78 is 0. The Morgan fingerprint density at radius 2 is 1.76 bits per heavy atom. The van der Waals surface area contributed by atoms with Crippen LogP contribution in [0, 0.1) is 29.6 Å². The predicted molar refractivity (Wildman–Crippen MR) is 112 cm³/mol. The van der Waals surface area contributed by atoms with Gasteiger partial charge >= 0.3 is 5.97 Å². The van der Waals surface area contributed by atoms with Crippen molar-refractivity contribution in [1.82, 2.24) is 0 Å². The van der Waals surface area contributed by atoms with Crippen LogP contribution in [0.15, 0.2) is 11.1 Å². The van der Waals surface area contributed by atoms with E-state index in [1.165, 1.54) is 11.3 Å². The molecule has 1 aromatic heterocycles. The number of aliphatic carboxylic acids is 1. The number of carbonyl (C=O) groups excluding carboxylic acids is 2. The van der Waals surface area contributed by atoms with Gasteiger partial charge in [0.1, 0.15) is 5.00 Å². The molecule has 0 unspecified atom stereocenters. The summed E-state index contributed by atoms with van der Waals surface area (Å²) >= 11 is 1.43. The van der Waals surface area contributed by atoms with Crippen molar-refractivity contribution in [3.63, 3.8) is 0 Å². The van der Waals surface area contributed by atoms with Gasteiger partial charge in [-0.2, -0.15) is 0 Å². The van der Waals surface area contributed by atoms with Crippen molar-refractivity contribution in [1.29, 1.82) is 0 Å². The Morgan fingerprint density at radius 1 is 1.10 bits per heavy atom. The molecule has 4 rings (SSSR count). The van der Waals surface area contributed by atoms with Gasteiger partial charge < -0.3 is 16.2 Å². The van der Waals surface area contributed by atoms with Crippen molar-refractivity contribution in [2.24, 2.45) is 35.3 Å². The summed E-state index contributed by atoms with van der Waals surface area (Å²) in [5, 5.41) is 13.3. The van der Waals surface area contributed by atoms with Crippen molar-refractivity contribution in [2.75, 3.05) is 5.32 Å². The number of anilines is 1. The number of carbonyl (C=O) groups is 3. The lowest BCUT2D eigenvalue weighted by Crippen LogP contribution is -2.38. The maximum atomic E-state index is 13.3. The lowest BCUT2D eigenvalue weighted by atomic mass is 9.78. The van der Waals surface area contributed by atoms with E-state index in [9.17, 15) is 19.5 Å². The first kappa shape index (κ1) is 20.1. The molecule has 2 amide bonds. The Morgan fingerprint density at radius 3 is 2.34 bits per heavy atom. The summed E-state index contributed by atoms with van der Waals surface area (Å²) in [4.78, 5) is 38.6. The molecule has 2 bridgehead atoms. The summed E-state index contributed by atoms with van der Waals surface area (Å²) in [6.07, 6.45) is 4.32. The van der Waals surface area contributed by atoms with Crippen LogP contribution in [-0.2, 0) is 22.4 Å². The molecule has 0 aliphatic heterocycles. The molecule has 29 heavy (non-hydrogen) atoms. The van der Waals surface area contributed by atoms with Crippen LogP contribution in [0.1, 0.15) is 60.8 Å². The van der Waals surface area contributed by atoms with Crippen LogP contribution in [-0.4, -0.2) is 22.9 Å². The van der Waals surface area contributed by atoms with E-state index in [2.05, 4.69) is 12.2 Å². The van der Waals surface area contributed by atoms with E-state index < -0.39 is 23.7 Å². The molecule has 156 valence electrons. The molecule has 0 saturated heterocycles. The fourth-order valence-corrected chi connectivity index (χ4v) is 7.32. The number of hydrogen-bond acceptors (Lipinski definition) is 4. The maximum Gasteiger partial charge on any atom is 0.307 e. The molecule has 2 saturated carbocycles. The molecule has 5 atom stereocenters. The van der Waals surface area contributed by atoms with Gasteiger partial charge in [0.15, 0.2) is 0 Å². The number of rotatable bonds is 4. The quantitative estimate of drug-likeness (QED) is 0.651. The van der Waals surface area contributed by atoms with E-state index in [-0.39, 0.29) is 17.7 Å². The van der Waals surface area contributed by atoms with E-state index >= 15 is 0 Å². The number of amides is 2. The lowest BCUT2D eigenvalue weighted by Gasteiger charge is -2.26. The highest BCUT2D eigenvalue weighted by atomic mass is 32.1. The molecular weight excluding hydrogens is 388 g/mol. The maximum absolute atomic E-state index is 13.3. The van der Waals surface area contributed by atoms with E-state index in [4.69, 9.17) is 5.73 Å². The molecule has 1 heterocycles. The van der Waals surface area contributed by atoms with E-state index in [1.54, 1.807) is 0 Å². The van der Waals surface area contributed by atoms with E-state index in [0.717, 1.165) is 53.7 Å². The van der Waals surface area contributed by atoms with Gasteiger partial charge in [0.05, 0.1) is 17.4 Å². The second-order valence-electron chi connectivity index (χ2n) is 9.04. The van der Waals surface area contributed by atoms with Crippen LogP contribution < -0.4 is 11.1 Å². The average molecular weight is 417 g/mol. The molecule has 4 N–H and O–H groups in total. The number of fused-ring (bicyclic) bond motifs is 3. The zero-order chi connectivity index (χ0) is 21.0. The third kappa shape index (κ3) is 3.19. The summed E-state index contributed by atoms with van der Waals surface area (Å²) in [6, 6.07) is 0. The highest BCUT2D eigenvalue weighted by molar-refractivity contribution is 7.17. The van der Waals surface area contributed by atoms with Crippen molar-refractivity contribution in [2.45, 2.75) is 52.9 Å². The smallest absolute Gasteiger partial charge is 0.307 e. The van der Waals surface area contributed by atoms with Crippen molar-refractivity contribution in [3.05, 3.63) is 27.2 Å². The van der Waals surface area contributed by atoms with Gasteiger partial charge in [-0.25, -0.2) is 0 Å². The Hall–Kier alpha value is -2.15. The van der Waals surface area contributed by atoms with Gasteiger partial charge in [-0.3, -0.25) is 14.4 Å². The van der Waals surface area contributed by atoms with Gasteiger partial charge in [0.2, 0.25) is 5.91 Å². The normalized spacial score (nSPS) is 30.2. The van der Waals surface area contributed by atoms with Crippen LogP contribution in [0.2, 0.25) is 0 Å². The molecular formula is C22H28N2O4S. The third-order valence-electron chi connectivity index (χ3n) is 7.00. The Kier molecular flexibility index (Phi) is 5.05. The minimum Gasteiger partial charge on any atom is -0.481 e. The van der Waals surface area contributed by atoms with Gasteiger partial charge in [0.25, 0.3) is 5.91 Å². The second-order valence-corrected chi connectivity index (χ2v) is 10.2. The summed E-state index contributed by atoms with van der Waals surface area (Å²) in [6.45, 7) is 6.18. The molecule has 7 heteroatoms. The monoisotopic (exact) mass is 416 g/mol. The first-order valence-electron chi connectivity index (χ1n) is 10.4. The Bertz CT molecular complexity index is 927. The van der Waals surface area contributed by atoms with Crippen LogP contribution in [0.5, 0.6) is 0 Å². The SMILES string of the molecule is CC(C)=C1[C@H]2CC[C@H]1[C@@H](C(=O)Nc1sc3c(c1C(N)=O)CC[C@H](C)C3)[C@H]2C(=O)O. The number of nitrogens with two attached hydrogens (primary N) is 1. The topological polar surface area (TPSA) is 109 Å². The highest BCUT2D eigenvalue weighted by Gasteiger charge is 2.57. The highest BCUT2D eigenvalue weighted by Crippen LogP contribution is 2.57. The molecule has 0 spiro atoms. The van der Waals surface area contributed by atoms with Crippen LogP contribution in [0.4, 0.5) is 5.00 Å². The Balaban J connectivity index is 1.67. The van der Waals surface area contributed by atoms with E-state index in [0.29, 0.717) is 16.5 Å². The zero-order valence-electron chi connectivity index (χ0n) is 17.1. The average Bonchev–Trinajstić information content (AvgIpc) is 3.29. The molecule has 1 aromatic rings. The third-order valence-corrected chi connectivity index (χ3v) is 8.17. The number of primary amides is 1. The zero-order valence-corrected chi connectivity index (χ0v) is 17.9. The van der Waals surface area contributed by atoms with Gasteiger partial charge in [-0.1, -0.05) is 18.1 Å². The van der Waals surface area contributed by atoms with Crippen molar-refractivity contribution < 1.29 is 19.5 Å². The second kappa shape index (κ2) is 7.27. The van der Waals surface area contributed by atoms with E-state index in [1.807, 2.05) is 13.8 Å². The standard InChI is InChI=1S/C22H28N2O4S/c1-9(2)15-12-6-7-13(15)17(22(27)28)16(12)20(26)24-21-18(19(23)25)11-5-4-10(3)8-14(11)29-21/h10,12-13,16-17H,4-8H2,1-3H3,(H2,23,25)(H,24,26)(H,27,28)/t10-,12+,13+,16+,17-/m0/s1. The number of carboxylic acid groups (broad SMARTS) is 1. The molecule has 0 radical (unpaired) electrons. The number of nitrogens with one attached hydrogen (secondary N) is 1. The molecule has 6 nitrogen and oxygen atoms in total. The largest absolute Gasteiger partial charge is 0.481 e. The molecule has 3 aliphatic carbocycles. The minimum atomic E-state index is -0.912. The predicted octanol–water partition coefficient (Wildman–Crippen LogP) is 3.60. The summed E-state index contributed by atoms with van der Waals surface area (Å²) in [5.41, 5.74) is 9.31. The van der Waals surface area contributed by atoms with Gasteiger partial charge in [0, 0.05) is 4.88 Å². The fourth-order valence-electron chi connectivity index (χ4n) is 5.90.